The van der Waals surface area contributed by atoms with E-state index < -0.39 is 6.03 Å². The minimum Gasteiger partial charge on any atom is -0.334 e. The summed E-state index contributed by atoms with van der Waals surface area (Å²) in [4.78, 5) is 25.7. The van der Waals surface area contributed by atoms with Crippen LogP contribution < -0.4 is 15.5 Å². The number of carbonyl (C=O) groups excluding carboxylic acids is 2. The summed E-state index contributed by atoms with van der Waals surface area (Å²) < 4.78 is 13.6. The molecule has 0 saturated carbocycles. The molecule has 0 bridgehead atoms. The van der Waals surface area contributed by atoms with Crippen molar-refractivity contribution >= 4 is 23.3 Å². The quantitative estimate of drug-likeness (QED) is 0.905. The summed E-state index contributed by atoms with van der Waals surface area (Å²) >= 11 is 0. The molecule has 0 spiro atoms. The van der Waals surface area contributed by atoms with E-state index in [0.717, 1.165) is 6.42 Å². The van der Waals surface area contributed by atoms with E-state index in [9.17, 15) is 14.0 Å². The van der Waals surface area contributed by atoms with Crippen LogP contribution in [0.1, 0.15) is 18.4 Å². The van der Waals surface area contributed by atoms with Crippen LogP contribution >= 0.6 is 0 Å². The second kappa shape index (κ2) is 7.12. The molecule has 0 radical (unpaired) electrons. The van der Waals surface area contributed by atoms with Gasteiger partial charge < -0.3 is 15.5 Å². The van der Waals surface area contributed by atoms with Gasteiger partial charge in [0.15, 0.2) is 0 Å². The Hall–Kier alpha value is -2.89. The van der Waals surface area contributed by atoms with E-state index in [0.29, 0.717) is 29.9 Å². The molecule has 6 heteroatoms. The molecule has 1 saturated heterocycles. The number of nitrogens with one attached hydrogen (secondary N) is 2. The van der Waals surface area contributed by atoms with Crippen LogP contribution in [0.15, 0.2) is 48.5 Å². The largest absolute Gasteiger partial charge is 0.334 e. The van der Waals surface area contributed by atoms with Crippen molar-refractivity contribution in [2.75, 3.05) is 16.8 Å². The molecule has 3 rings (SSSR count). The third kappa shape index (κ3) is 3.53. The highest BCUT2D eigenvalue weighted by Gasteiger charge is 2.24. The second-order valence-electron chi connectivity index (χ2n) is 5.57. The molecular weight excluding hydrogens is 309 g/mol. The molecule has 124 valence electrons. The van der Waals surface area contributed by atoms with Crippen molar-refractivity contribution in [2.24, 2.45) is 0 Å². The van der Waals surface area contributed by atoms with E-state index >= 15 is 0 Å². The van der Waals surface area contributed by atoms with Crippen molar-refractivity contribution in [2.45, 2.75) is 19.4 Å². The van der Waals surface area contributed by atoms with Crippen LogP contribution in [-0.2, 0) is 11.3 Å². The summed E-state index contributed by atoms with van der Waals surface area (Å²) in [5.74, 6) is -0.308. The fourth-order valence-corrected chi connectivity index (χ4v) is 2.70. The van der Waals surface area contributed by atoms with Crippen LogP contribution in [0, 0.1) is 5.82 Å². The van der Waals surface area contributed by atoms with E-state index in [4.69, 9.17) is 0 Å². The molecule has 0 aromatic heterocycles. The Kier molecular flexibility index (Phi) is 4.74. The minimum atomic E-state index is -0.447. The number of nitrogens with zero attached hydrogens (tertiary/aromatic N) is 1. The first kappa shape index (κ1) is 16.0. The van der Waals surface area contributed by atoms with E-state index in [-0.39, 0.29) is 18.3 Å². The molecule has 0 aliphatic carbocycles. The number of amides is 3. The number of rotatable bonds is 4. The lowest BCUT2D eigenvalue weighted by Gasteiger charge is -2.20. The number of hydrogen-bond acceptors (Lipinski definition) is 2. The van der Waals surface area contributed by atoms with Crippen LogP contribution in [0.5, 0.6) is 0 Å². The monoisotopic (exact) mass is 327 g/mol. The van der Waals surface area contributed by atoms with Crippen molar-refractivity contribution < 1.29 is 14.0 Å². The topological polar surface area (TPSA) is 61.4 Å². The lowest BCUT2D eigenvalue weighted by atomic mass is 10.2. The zero-order chi connectivity index (χ0) is 16.9. The zero-order valence-electron chi connectivity index (χ0n) is 13.1. The molecule has 2 aromatic rings. The van der Waals surface area contributed by atoms with Crippen molar-refractivity contribution in [3.63, 3.8) is 0 Å². The maximum absolute atomic E-state index is 13.6. The molecule has 1 aliphatic heterocycles. The standard InChI is InChI=1S/C18H18FN3O2/c19-14-7-2-1-6-13(14)12-20-18(24)21-15-8-3-4-9-16(15)22-11-5-10-17(22)23/h1-4,6-9H,5,10-12H2,(H2,20,21,24). The summed E-state index contributed by atoms with van der Waals surface area (Å²) in [5.41, 5.74) is 1.65. The van der Waals surface area contributed by atoms with Gasteiger partial charge in [-0.15, -0.1) is 0 Å². The molecule has 1 aliphatic rings. The third-order valence-corrected chi connectivity index (χ3v) is 3.91. The van der Waals surface area contributed by atoms with Gasteiger partial charge in [-0.3, -0.25) is 4.79 Å². The second-order valence-corrected chi connectivity index (χ2v) is 5.57. The lowest BCUT2D eigenvalue weighted by Crippen LogP contribution is -2.30. The van der Waals surface area contributed by atoms with Gasteiger partial charge in [0.25, 0.3) is 0 Å². The normalized spacial score (nSPS) is 13.9. The minimum absolute atomic E-state index is 0.0519. The van der Waals surface area contributed by atoms with Gasteiger partial charge in [-0.25, -0.2) is 9.18 Å². The lowest BCUT2D eigenvalue weighted by molar-refractivity contribution is -0.117. The molecule has 3 amide bonds. The van der Waals surface area contributed by atoms with Crippen molar-refractivity contribution in [3.05, 3.63) is 59.9 Å². The Bertz CT molecular complexity index is 763. The number of halogens is 1. The van der Waals surface area contributed by atoms with Crippen LogP contribution in [-0.4, -0.2) is 18.5 Å². The van der Waals surface area contributed by atoms with Crippen molar-refractivity contribution in [3.8, 4) is 0 Å². The van der Waals surface area contributed by atoms with Gasteiger partial charge >= 0.3 is 6.03 Å². The van der Waals surface area contributed by atoms with Crippen molar-refractivity contribution in [1.82, 2.24) is 5.32 Å². The summed E-state index contributed by atoms with van der Waals surface area (Å²) in [6, 6.07) is 13.0. The molecule has 2 N–H and O–H groups in total. The fraction of sp³-hybridized carbons (Fsp3) is 0.222. The van der Waals surface area contributed by atoms with Crippen molar-refractivity contribution in [1.29, 1.82) is 0 Å². The van der Waals surface area contributed by atoms with Crippen LogP contribution in [0.2, 0.25) is 0 Å². The first-order valence-corrected chi connectivity index (χ1v) is 7.83. The maximum Gasteiger partial charge on any atom is 0.319 e. The number of hydrogen-bond donors (Lipinski definition) is 2. The molecule has 5 nitrogen and oxygen atoms in total. The summed E-state index contributed by atoms with van der Waals surface area (Å²) in [6.07, 6.45) is 1.33. The number of anilines is 2. The van der Waals surface area contributed by atoms with Gasteiger partial charge in [-0.05, 0) is 24.6 Å². The Balaban J connectivity index is 1.66. The maximum atomic E-state index is 13.6. The number of para-hydroxylation sites is 2. The van der Waals surface area contributed by atoms with E-state index in [2.05, 4.69) is 10.6 Å². The van der Waals surface area contributed by atoms with Gasteiger partial charge in [0.05, 0.1) is 11.4 Å². The predicted octanol–water partition coefficient (Wildman–Crippen LogP) is 3.27. The summed E-state index contributed by atoms with van der Waals surface area (Å²) in [7, 11) is 0. The first-order chi connectivity index (χ1) is 11.6. The van der Waals surface area contributed by atoms with Crippen LogP contribution in [0.3, 0.4) is 0 Å². The highest BCUT2D eigenvalue weighted by molar-refractivity contribution is 6.01. The molecule has 2 aromatic carbocycles. The van der Waals surface area contributed by atoms with Gasteiger partial charge in [0, 0.05) is 25.1 Å². The predicted molar refractivity (Wildman–Crippen MR) is 90.3 cm³/mol. The van der Waals surface area contributed by atoms with Crippen LogP contribution in [0.4, 0.5) is 20.6 Å². The SMILES string of the molecule is O=C(NCc1ccccc1F)Nc1ccccc1N1CCCC1=O. The summed E-state index contributed by atoms with van der Waals surface area (Å²) in [6.45, 7) is 0.734. The number of carbonyl (C=O) groups is 2. The molecule has 0 atom stereocenters. The molecule has 1 heterocycles. The van der Waals surface area contributed by atoms with Gasteiger partial charge in [0.2, 0.25) is 5.91 Å². The molecule has 0 unspecified atom stereocenters. The fourth-order valence-electron chi connectivity index (χ4n) is 2.70. The van der Waals surface area contributed by atoms with Gasteiger partial charge in [-0.1, -0.05) is 30.3 Å². The number of benzene rings is 2. The van der Waals surface area contributed by atoms with Gasteiger partial charge in [-0.2, -0.15) is 0 Å². The third-order valence-electron chi connectivity index (χ3n) is 3.91. The summed E-state index contributed by atoms with van der Waals surface area (Å²) in [5, 5.41) is 5.36. The smallest absolute Gasteiger partial charge is 0.319 e. The van der Waals surface area contributed by atoms with E-state index in [1.807, 2.05) is 6.07 Å². The molecular formula is C18H18FN3O2. The Morgan fingerprint density at radius 2 is 1.88 bits per heavy atom. The average molecular weight is 327 g/mol. The van der Waals surface area contributed by atoms with E-state index in [1.54, 1.807) is 41.3 Å². The Morgan fingerprint density at radius 1 is 1.12 bits per heavy atom. The highest BCUT2D eigenvalue weighted by atomic mass is 19.1. The number of urea groups is 1. The van der Waals surface area contributed by atoms with Gasteiger partial charge in [0.1, 0.15) is 5.82 Å². The Morgan fingerprint density at radius 3 is 2.62 bits per heavy atom. The average Bonchev–Trinajstić information content (AvgIpc) is 3.00. The molecule has 24 heavy (non-hydrogen) atoms. The van der Waals surface area contributed by atoms with E-state index in [1.165, 1.54) is 6.07 Å². The van der Waals surface area contributed by atoms with Crippen LogP contribution in [0.25, 0.3) is 0 Å². The highest BCUT2D eigenvalue weighted by Crippen LogP contribution is 2.29. The molecule has 1 fully saturated rings. The first-order valence-electron chi connectivity index (χ1n) is 7.83. The Labute approximate surface area is 139 Å². The zero-order valence-corrected chi connectivity index (χ0v) is 13.1.